The summed E-state index contributed by atoms with van der Waals surface area (Å²) in [6.07, 6.45) is 10.1. The van der Waals surface area contributed by atoms with Crippen molar-refractivity contribution in [2.24, 2.45) is 18.9 Å². The van der Waals surface area contributed by atoms with Crippen molar-refractivity contribution < 1.29 is 4.74 Å². The van der Waals surface area contributed by atoms with Crippen LogP contribution in [0.1, 0.15) is 31.2 Å². The molecule has 3 atom stereocenters. The van der Waals surface area contributed by atoms with Crippen LogP contribution in [0.25, 0.3) is 0 Å². The van der Waals surface area contributed by atoms with Crippen LogP contribution in [-0.2, 0) is 18.3 Å². The van der Waals surface area contributed by atoms with Gasteiger partial charge in [0.05, 0.1) is 12.3 Å². The van der Waals surface area contributed by atoms with Gasteiger partial charge < -0.3 is 4.74 Å². The van der Waals surface area contributed by atoms with E-state index in [1.807, 2.05) is 17.9 Å². The second-order valence-electron chi connectivity index (χ2n) is 6.65. The quantitative estimate of drug-likeness (QED) is 0.810. The molecule has 3 fully saturated rings. The average Bonchev–Trinajstić information content (AvgIpc) is 2.82. The molecule has 0 radical (unpaired) electrons. The molecule has 1 aliphatic heterocycles. The molecule has 0 spiro atoms. The third kappa shape index (κ3) is 2.43. The highest BCUT2D eigenvalue weighted by Crippen LogP contribution is 2.41. The molecule has 3 aliphatic rings. The lowest BCUT2D eigenvalue weighted by atomic mass is 10.1. The normalized spacial score (nSPS) is 34.3. The van der Waals surface area contributed by atoms with Crippen LogP contribution in [0, 0.1) is 11.8 Å². The molecule has 4 heteroatoms. The molecule has 0 aromatic carbocycles. The zero-order valence-electron chi connectivity index (χ0n) is 11.7. The number of ether oxygens (including phenoxy) is 1. The second kappa shape index (κ2) is 4.60. The number of nitrogens with zero attached hydrogens (tertiary/aromatic N) is 3. The van der Waals surface area contributed by atoms with Crippen molar-refractivity contribution >= 4 is 0 Å². The summed E-state index contributed by atoms with van der Waals surface area (Å²) in [5.41, 5.74) is 1.34. The maximum atomic E-state index is 6.12. The number of likely N-dealkylation sites (tertiary alicyclic amines) is 1. The molecule has 1 aromatic rings. The van der Waals surface area contributed by atoms with Gasteiger partial charge >= 0.3 is 0 Å². The highest BCUT2D eigenvalue weighted by Gasteiger charge is 2.45. The van der Waals surface area contributed by atoms with E-state index in [1.165, 1.54) is 37.8 Å². The fourth-order valence-corrected chi connectivity index (χ4v) is 3.73. The van der Waals surface area contributed by atoms with Gasteiger partial charge in [0.1, 0.15) is 0 Å². The van der Waals surface area contributed by atoms with Crippen LogP contribution < -0.4 is 0 Å². The molecule has 2 bridgehead atoms. The summed E-state index contributed by atoms with van der Waals surface area (Å²) in [5.74, 6) is 1.67. The van der Waals surface area contributed by atoms with E-state index in [0.29, 0.717) is 6.10 Å². The molecule has 104 valence electrons. The summed E-state index contributed by atoms with van der Waals surface area (Å²) >= 11 is 0. The summed E-state index contributed by atoms with van der Waals surface area (Å²) in [4.78, 5) is 2.62. The largest absolute Gasteiger partial charge is 0.378 e. The predicted molar refractivity (Wildman–Crippen MR) is 72.6 cm³/mol. The topological polar surface area (TPSA) is 30.3 Å². The van der Waals surface area contributed by atoms with Gasteiger partial charge in [-0.15, -0.1) is 0 Å². The molecule has 2 aliphatic carbocycles. The van der Waals surface area contributed by atoms with E-state index >= 15 is 0 Å². The highest BCUT2D eigenvalue weighted by molar-refractivity contribution is 5.07. The van der Waals surface area contributed by atoms with Gasteiger partial charge in [0.15, 0.2) is 0 Å². The number of aryl methyl sites for hydroxylation is 1. The van der Waals surface area contributed by atoms with Crippen LogP contribution in [0.5, 0.6) is 0 Å². The standard InChI is InChI=1S/C15H23N3O/c1-17-7-12(6-16-17)8-18-9-13-4-14(18)5-15(13)19-10-11-2-3-11/h6-7,11,13-15H,2-5,8-10H2,1H3/t13-,14+,15-/m1/s1. The highest BCUT2D eigenvalue weighted by atomic mass is 16.5. The first kappa shape index (κ1) is 11.9. The van der Waals surface area contributed by atoms with Gasteiger partial charge in [-0.3, -0.25) is 9.58 Å². The predicted octanol–water partition coefficient (Wildman–Crippen LogP) is 1.81. The average molecular weight is 261 g/mol. The Morgan fingerprint density at radius 1 is 1.37 bits per heavy atom. The first-order valence-electron chi connectivity index (χ1n) is 7.61. The molecule has 1 saturated heterocycles. The van der Waals surface area contributed by atoms with E-state index in [-0.39, 0.29) is 0 Å². The van der Waals surface area contributed by atoms with Gasteiger partial charge in [-0.25, -0.2) is 0 Å². The zero-order chi connectivity index (χ0) is 12.8. The fraction of sp³-hybridized carbons (Fsp3) is 0.800. The van der Waals surface area contributed by atoms with Crippen LogP contribution in [0.2, 0.25) is 0 Å². The Balaban J connectivity index is 1.31. The Morgan fingerprint density at radius 3 is 2.89 bits per heavy atom. The van der Waals surface area contributed by atoms with E-state index in [2.05, 4.69) is 16.2 Å². The zero-order valence-corrected chi connectivity index (χ0v) is 11.7. The molecule has 2 saturated carbocycles. The molecule has 2 heterocycles. The van der Waals surface area contributed by atoms with Crippen LogP contribution in [-0.4, -0.2) is 40.0 Å². The van der Waals surface area contributed by atoms with Gasteiger partial charge in [0.2, 0.25) is 0 Å². The molecule has 0 unspecified atom stereocenters. The summed E-state index contributed by atoms with van der Waals surface area (Å²) in [7, 11) is 1.99. The van der Waals surface area contributed by atoms with Crippen LogP contribution in [0.15, 0.2) is 12.4 Å². The molecule has 4 rings (SSSR count). The molecular formula is C15H23N3O. The summed E-state index contributed by atoms with van der Waals surface area (Å²) in [5, 5.41) is 4.26. The number of fused-ring (bicyclic) bond motifs is 2. The van der Waals surface area contributed by atoms with Crippen molar-refractivity contribution in [3.8, 4) is 0 Å². The summed E-state index contributed by atoms with van der Waals surface area (Å²) in [6, 6.07) is 0.745. The third-order valence-electron chi connectivity index (χ3n) is 4.98. The fourth-order valence-electron chi connectivity index (χ4n) is 3.73. The van der Waals surface area contributed by atoms with Gasteiger partial charge in [0, 0.05) is 44.5 Å². The van der Waals surface area contributed by atoms with E-state index in [9.17, 15) is 0 Å². The van der Waals surface area contributed by atoms with Gasteiger partial charge in [-0.1, -0.05) is 0 Å². The lowest BCUT2D eigenvalue weighted by molar-refractivity contribution is -0.00661. The Morgan fingerprint density at radius 2 is 2.26 bits per heavy atom. The maximum Gasteiger partial charge on any atom is 0.0631 e. The number of hydrogen-bond acceptors (Lipinski definition) is 3. The molecule has 19 heavy (non-hydrogen) atoms. The van der Waals surface area contributed by atoms with E-state index < -0.39 is 0 Å². The Bertz CT molecular complexity index is 454. The summed E-state index contributed by atoms with van der Waals surface area (Å²) in [6.45, 7) is 3.30. The van der Waals surface area contributed by atoms with Gasteiger partial charge in [-0.05, 0) is 37.5 Å². The first-order valence-corrected chi connectivity index (χ1v) is 7.61. The molecule has 4 nitrogen and oxygen atoms in total. The van der Waals surface area contributed by atoms with E-state index in [4.69, 9.17) is 4.74 Å². The van der Waals surface area contributed by atoms with Crippen molar-refractivity contribution in [2.75, 3.05) is 13.2 Å². The van der Waals surface area contributed by atoms with Crippen LogP contribution in [0.4, 0.5) is 0 Å². The SMILES string of the molecule is Cn1cc(CN2C[C@H]3C[C@H]2C[C@H]3OCC2CC2)cn1. The molecular weight excluding hydrogens is 238 g/mol. The van der Waals surface area contributed by atoms with Crippen LogP contribution in [0.3, 0.4) is 0 Å². The minimum atomic E-state index is 0.552. The Kier molecular flexibility index (Phi) is 2.88. The Hall–Kier alpha value is -0.870. The minimum absolute atomic E-state index is 0.552. The van der Waals surface area contributed by atoms with Crippen molar-refractivity contribution in [3.63, 3.8) is 0 Å². The molecule has 1 aromatic heterocycles. The number of aromatic nitrogens is 2. The van der Waals surface area contributed by atoms with Crippen molar-refractivity contribution in [1.82, 2.24) is 14.7 Å². The second-order valence-corrected chi connectivity index (χ2v) is 6.65. The van der Waals surface area contributed by atoms with E-state index in [1.54, 1.807) is 0 Å². The first-order chi connectivity index (χ1) is 9.28. The monoisotopic (exact) mass is 261 g/mol. The summed E-state index contributed by atoms with van der Waals surface area (Å²) < 4.78 is 8.01. The lowest BCUT2D eigenvalue weighted by Gasteiger charge is -2.31. The van der Waals surface area contributed by atoms with Gasteiger partial charge in [-0.2, -0.15) is 5.10 Å². The number of piperidine rings is 1. The minimum Gasteiger partial charge on any atom is -0.378 e. The van der Waals surface area contributed by atoms with Crippen molar-refractivity contribution in [2.45, 2.75) is 44.4 Å². The smallest absolute Gasteiger partial charge is 0.0631 e. The van der Waals surface area contributed by atoms with Gasteiger partial charge in [0.25, 0.3) is 0 Å². The van der Waals surface area contributed by atoms with Crippen molar-refractivity contribution in [3.05, 3.63) is 18.0 Å². The lowest BCUT2D eigenvalue weighted by Crippen LogP contribution is -2.38. The number of rotatable bonds is 5. The van der Waals surface area contributed by atoms with Crippen molar-refractivity contribution in [1.29, 1.82) is 0 Å². The third-order valence-corrected chi connectivity index (χ3v) is 4.98. The number of hydrogen-bond donors (Lipinski definition) is 0. The maximum absolute atomic E-state index is 6.12. The van der Waals surface area contributed by atoms with Crippen LogP contribution >= 0.6 is 0 Å². The Labute approximate surface area is 114 Å². The van der Waals surface area contributed by atoms with E-state index in [0.717, 1.165) is 31.0 Å². The molecule has 0 N–H and O–H groups in total. The molecule has 0 amide bonds.